The SMILES string of the molecule is COc1ccccc1C[S+]=O. The summed E-state index contributed by atoms with van der Waals surface area (Å²) in [5, 5.41) is 0. The molecule has 0 aliphatic rings. The highest BCUT2D eigenvalue weighted by molar-refractivity contribution is 7.64. The van der Waals surface area contributed by atoms with Gasteiger partial charge in [0.05, 0.1) is 12.7 Å². The Morgan fingerprint density at radius 2 is 2.18 bits per heavy atom. The first-order valence-corrected chi connectivity index (χ1v) is 4.16. The highest BCUT2D eigenvalue weighted by Gasteiger charge is 2.07. The number of hydrogen-bond acceptors (Lipinski definition) is 2. The van der Waals surface area contributed by atoms with Gasteiger partial charge in [0, 0.05) is 4.21 Å². The quantitative estimate of drug-likeness (QED) is 0.643. The van der Waals surface area contributed by atoms with Crippen molar-refractivity contribution in [3.8, 4) is 5.75 Å². The lowest BCUT2D eigenvalue weighted by Gasteiger charge is -2.00. The minimum atomic E-state index is 0.462. The van der Waals surface area contributed by atoms with Gasteiger partial charge in [-0.25, -0.2) is 0 Å². The Morgan fingerprint density at radius 3 is 2.82 bits per heavy atom. The number of rotatable bonds is 3. The topological polar surface area (TPSA) is 26.3 Å². The summed E-state index contributed by atoms with van der Waals surface area (Å²) < 4.78 is 15.3. The van der Waals surface area contributed by atoms with E-state index in [4.69, 9.17) is 4.74 Å². The molecule has 0 atom stereocenters. The highest BCUT2D eigenvalue weighted by Crippen LogP contribution is 2.16. The summed E-state index contributed by atoms with van der Waals surface area (Å²) in [4.78, 5) is 0. The average molecular weight is 169 g/mol. The zero-order valence-corrected chi connectivity index (χ0v) is 7.06. The van der Waals surface area contributed by atoms with Crippen molar-refractivity contribution in [3.63, 3.8) is 0 Å². The molecule has 1 aromatic carbocycles. The lowest BCUT2D eigenvalue weighted by Crippen LogP contribution is -1.89. The molecule has 0 heterocycles. The van der Waals surface area contributed by atoms with Gasteiger partial charge in [0.1, 0.15) is 5.75 Å². The third-order valence-electron chi connectivity index (χ3n) is 1.41. The van der Waals surface area contributed by atoms with Gasteiger partial charge in [-0.3, -0.25) is 0 Å². The number of hydrogen-bond donors (Lipinski definition) is 0. The van der Waals surface area contributed by atoms with E-state index < -0.39 is 0 Å². The number of benzene rings is 1. The van der Waals surface area contributed by atoms with Crippen LogP contribution >= 0.6 is 0 Å². The summed E-state index contributed by atoms with van der Waals surface area (Å²) in [6.45, 7) is 0. The fraction of sp³-hybridized carbons (Fsp3) is 0.250. The van der Waals surface area contributed by atoms with Crippen LogP contribution in [0.2, 0.25) is 0 Å². The van der Waals surface area contributed by atoms with Gasteiger partial charge in [0.25, 0.3) is 5.75 Å². The minimum absolute atomic E-state index is 0.462. The smallest absolute Gasteiger partial charge is 0.463 e. The van der Waals surface area contributed by atoms with Crippen molar-refractivity contribution in [3.05, 3.63) is 29.8 Å². The van der Waals surface area contributed by atoms with Crippen LogP contribution < -0.4 is 4.74 Å². The first-order valence-electron chi connectivity index (χ1n) is 3.25. The summed E-state index contributed by atoms with van der Waals surface area (Å²) in [7, 11) is 1.61. The van der Waals surface area contributed by atoms with E-state index in [9.17, 15) is 4.21 Å². The van der Waals surface area contributed by atoms with Gasteiger partial charge in [-0.05, 0) is 12.1 Å². The van der Waals surface area contributed by atoms with Crippen molar-refractivity contribution in [2.75, 3.05) is 7.11 Å². The first kappa shape index (κ1) is 8.14. The van der Waals surface area contributed by atoms with E-state index in [2.05, 4.69) is 0 Å². The van der Waals surface area contributed by atoms with Gasteiger partial charge in [-0.1, -0.05) is 12.1 Å². The molecule has 0 unspecified atom stereocenters. The van der Waals surface area contributed by atoms with Gasteiger partial charge < -0.3 is 4.74 Å². The van der Waals surface area contributed by atoms with E-state index in [1.807, 2.05) is 24.3 Å². The van der Waals surface area contributed by atoms with Crippen LogP contribution in [0.5, 0.6) is 5.75 Å². The molecule has 2 nitrogen and oxygen atoms in total. The van der Waals surface area contributed by atoms with Crippen molar-refractivity contribution in [1.82, 2.24) is 0 Å². The van der Waals surface area contributed by atoms with Crippen LogP contribution in [0.3, 0.4) is 0 Å². The zero-order valence-electron chi connectivity index (χ0n) is 6.24. The molecule has 3 heteroatoms. The number of ether oxygens (including phenoxy) is 1. The largest absolute Gasteiger partial charge is 0.496 e. The van der Waals surface area contributed by atoms with E-state index in [1.54, 1.807) is 7.11 Å². The maximum absolute atomic E-state index is 10.2. The molecule has 0 saturated carbocycles. The summed E-state index contributed by atoms with van der Waals surface area (Å²) in [5.41, 5.74) is 0.954. The molecule has 1 aromatic rings. The van der Waals surface area contributed by atoms with E-state index in [0.717, 1.165) is 11.3 Å². The molecule has 0 aromatic heterocycles. The van der Waals surface area contributed by atoms with Crippen LogP contribution in [-0.4, -0.2) is 7.11 Å². The molecule has 1 rings (SSSR count). The normalized spacial score (nSPS) is 9.18. The maximum atomic E-state index is 10.2. The second-order valence-corrected chi connectivity index (χ2v) is 2.60. The van der Waals surface area contributed by atoms with Gasteiger partial charge >= 0.3 is 11.7 Å². The standard InChI is InChI=1S/C8H9O2S/c1-10-8-5-3-2-4-7(8)6-11-9/h2-5H,6H2,1H3/q+1. The fourth-order valence-electron chi connectivity index (χ4n) is 0.886. The first-order chi connectivity index (χ1) is 5.38. The van der Waals surface area contributed by atoms with E-state index in [-0.39, 0.29) is 0 Å². The fourth-order valence-corrected chi connectivity index (χ4v) is 1.25. The number of para-hydroxylation sites is 1. The second-order valence-electron chi connectivity index (χ2n) is 2.07. The van der Waals surface area contributed by atoms with E-state index in [1.165, 1.54) is 0 Å². The van der Waals surface area contributed by atoms with Crippen molar-refractivity contribution in [2.45, 2.75) is 5.75 Å². The molecular weight excluding hydrogens is 160 g/mol. The van der Waals surface area contributed by atoms with E-state index in [0.29, 0.717) is 17.4 Å². The molecule has 0 N–H and O–H groups in total. The van der Waals surface area contributed by atoms with Crippen molar-refractivity contribution >= 4 is 11.7 Å². The lowest BCUT2D eigenvalue weighted by atomic mass is 10.2. The average Bonchev–Trinajstić information content (AvgIpc) is 2.06. The monoisotopic (exact) mass is 169 g/mol. The molecule has 58 valence electrons. The summed E-state index contributed by atoms with van der Waals surface area (Å²) in [6.07, 6.45) is 0. The van der Waals surface area contributed by atoms with E-state index >= 15 is 0 Å². The minimum Gasteiger partial charge on any atom is -0.496 e. The molecule has 11 heavy (non-hydrogen) atoms. The summed E-state index contributed by atoms with van der Waals surface area (Å²) >= 11 is 0.554. The molecule has 0 fully saturated rings. The van der Waals surface area contributed by atoms with Crippen molar-refractivity contribution in [1.29, 1.82) is 0 Å². The van der Waals surface area contributed by atoms with Crippen LogP contribution in [-0.2, 0) is 21.6 Å². The Labute approximate surface area is 69.7 Å². The molecule has 0 aliphatic carbocycles. The predicted octanol–water partition coefficient (Wildman–Crippen LogP) is 1.62. The maximum Gasteiger partial charge on any atom is 0.463 e. The second kappa shape index (κ2) is 4.03. The third-order valence-corrected chi connectivity index (χ3v) is 1.84. The Morgan fingerprint density at radius 1 is 1.45 bits per heavy atom. The lowest BCUT2D eigenvalue weighted by molar-refractivity contribution is 0.411. The third kappa shape index (κ3) is 1.98. The van der Waals surface area contributed by atoms with Crippen LogP contribution in [0.1, 0.15) is 5.56 Å². The van der Waals surface area contributed by atoms with Crippen molar-refractivity contribution < 1.29 is 8.95 Å². The molecule has 0 amide bonds. The Balaban J connectivity index is 2.92. The molecule has 0 saturated heterocycles. The Bertz CT molecular complexity index is 248. The zero-order chi connectivity index (χ0) is 8.10. The van der Waals surface area contributed by atoms with Crippen LogP contribution in [0.15, 0.2) is 24.3 Å². The van der Waals surface area contributed by atoms with Crippen LogP contribution in [0, 0.1) is 0 Å². The molecular formula is C8H9O2S+. The van der Waals surface area contributed by atoms with Crippen LogP contribution in [0.4, 0.5) is 0 Å². The molecule has 0 aliphatic heterocycles. The van der Waals surface area contributed by atoms with Crippen molar-refractivity contribution in [2.24, 2.45) is 0 Å². The summed E-state index contributed by atoms with van der Waals surface area (Å²) in [5.74, 6) is 1.25. The molecule has 0 spiro atoms. The van der Waals surface area contributed by atoms with Gasteiger partial charge in [-0.15, -0.1) is 0 Å². The molecule has 0 bridgehead atoms. The summed E-state index contributed by atoms with van der Waals surface area (Å²) in [6, 6.07) is 7.53. The Hall–Kier alpha value is -0.960. The van der Waals surface area contributed by atoms with Gasteiger partial charge in [0.2, 0.25) is 0 Å². The molecule has 0 radical (unpaired) electrons. The van der Waals surface area contributed by atoms with Gasteiger partial charge in [0.15, 0.2) is 0 Å². The van der Waals surface area contributed by atoms with Crippen LogP contribution in [0.25, 0.3) is 0 Å². The highest BCUT2D eigenvalue weighted by atomic mass is 32.1. The predicted molar refractivity (Wildman–Crippen MR) is 44.7 cm³/mol. The van der Waals surface area contributed by atoms with Gasteiger partial charge in [-0.2, -0.15) is 0 Å². The number of methoxy groups -OCH3 is 1. The Kier molecular flexibility index (Phi) is 2.98.